The summed E-state index contributed by atoms with van der Waals surface area (Å²) in [7, 11) is -4.07. The maximum absolute atomic E-state index is 12.9. The zero-order valence-electron chi connectivity index (χ0n) is 15.6. The molecule has 0 saturated carbocycles. The number of rotatable bonds is 6. The van der Waals surface area contributed by atoms with E-state index in [9.17, 15) is 23.1 Å². The van der Waals surface area contributed by atoms with E-state index in [1.165, 1.54) is 42.5 Å². The topological polar surface area (TPSA) is 125 Å². The molecule has 8 nitrogen and oxygen atoms in total. The van der Waals surface area contributed by atoms with Crippen LogP contribution in [0.4, 0.5) is 5.69 Å². The Morgan fingerprint density at radius 1 is 1.17 bits per heavy atom. The van der Waals surface area contributed by atoms with Crippen LogP contribution in [0.2, 0.25) is 10.0 Å². The summed E-state index contributed by atoms with van der Waals surface area (Å²) in [5.74, 6) is -1.59. The van der Waals surface area contributed by atoms with Crippen molar-refractivity contribution in [2.45, 2.75) is 17.9 Å². The van der Waals surface area contributed by atoms with Gasteiger partial charge in [-0.2, -0.15) is 4.72 Å². The zero-order chi connectivity index (χ0) is 22.1. The standard InChI is InChI=1S/C19H17Cl2N3O5S/c1-2-22-18(25)10-3-5-12(6-4-10)30(28,29)24-15-9-16(19(26)27)23-14-8-11(20)7-13(21)17(14)15/h3-9,15,23-24H,2H2,1H3,(H,22,25)(H,26,27). The number of fused-ring (bicyclic) bond motifs is 1. The fourth-order valence-corrected chi connectivity index (χ4v) is 4.70. The number of hydrogen-bond donors (Lipinski definition) is 4. The molecule has 1 aliphatic heterocycles. The second-order valence-electron chi connectivity index (χ2n) is 6.34. The minimum atomic E-state index is -4.07. The number of halogens is 2. The van der Waals surface area contributed by atoms with Gasteiger partial charge in [-0.15, -0.1) is 0 Å². The Balaban J connectivity index is 1.96. The van der Waals surface area contributed by atoms with Crippen LogP contribution < -0.4 is 15.4 Å². The average Bonchev–Trinajstić information content (AvgIpc) is 2.67. The Morgan fingerprint density at radius 3 is 2.43 bits per heavy atom. The van der Waals surface area contributed by atoms with Gasteiger partial charge in [-0.3, -0.25) is 4.79 Å². The molecule has 30 heavy (non-hydrogen) atoms. The predicted octanol–water partition coefficient (Wildman–Crippen LogP) is 3.16. The van der Waals surface area contributed by atoms with Crippen molar-refractivity contribution in [3.8, 4) is 0 Å². The van der Waals surface area contributed by atoms with Crippen LogP contribution in [0.5, 0.6) is 0 Å². The number of hydrogen-bond acceptors (Lipinski definition) is 5. The smallest absolute Gasteiger partial charge is 0.352 e. The van der Waals surface area contributed by atoms with Crippen molar-refractivity contribution >= 4 is 50.8 Å². The summed E-state index contributed by atoms with van der Waals surface area (Å²) in [6.07, 6.45) is 1.21. The lowest BCUT2D eigenvalue weighted by molar-refractivity contribution is -0.132. The lowest BCUT2D eigenvalue weighted by atomic mass is 10.0. The van der Waals surface area contributed by atoms with Gasteiger partial charge in [-0.1, -0.05) is 23.2 Å². The number of benzene rings is 2. The van der Waals surface area contributed by atoms with E-state index >= 15 is 0 Å². The first kappa shape index (κ1) is 22.1. The van der Waals surface area contributed by atoms with Crippen molar-refractivity contribution < 1.29 is 23.1 Å². The molecule has 0 radical (unpaired) electrons. The third kappa shape index (κ3) is 4.59. The van der Waals surface area contributed by atoms with Crippen LogP contribution in [-0.4, -0.2) is 31.9 Å². The normalized spacial score (nSPS) is 15.6. The average molecular weight is 470 g/mol. The van der Waals surface area contributed by atoms with Gasteiger partial charge in [0.1, 0.15) is 5.70 Å². The van der Waals surface area contributed by atoms with E-state index in [4.69, 9.17) is 23.2 Å². The quantitative estimate of drug-likeness (QED) is 0.514. The second-order valence-corrected chi connectivity index (χ2v) is 8.90. The molecule has 3 rings (SSSR count). The van der Waals surface area contributed by atoms with Crippen molar-refractivity contribution in [1.29, 1.82) is 0 Å². The zero-order valence-corrected chi connectivity index (χ0v) is 17.9. The SMILES string of the molecule is CCNC(=O)c1ccc(S(=O)(=O)NC2C=C(C(=O)O)Nc3cc(Cl)cc(Cl)c32)cc1. The van der Waals surface area contributed by atoms with Crippen LogP contribution in [-0.2, 0) is 14.8 Å². The van der Waals surface area contributed by atoms with Gasteiger partial charge in [-0.25, -0.2) is 13.2 Å². The largest absolute Gasteiger partial charge is 0.477 e. The summed E-state index contributed by atoms with van der Waals surface area (Å²) in [6.45, 7) is 2.22. The fraction of sp³-hybridized carbons (Fsp3) is 0.158. The molecule has 0 fully saturated rings. The van der Waals surface area contributed by atoms with Crippen molar-refractivity contribution in [2.24, 2.45) is 0 Å². The maximum atomic E-state index is 12.9. The van der Waals surface area contributed by atoms with E-state index in [0.717, 1.165) is 0 Å². The summed E-state index contributed by atoms with van der Waals surface area (Å²) in [4.78, 5) is 23.2. The number of carboxylic acids is 1. The van der Waals surface area contributed by atoms with E-state index in [-0.39, 0.29) is 32.2 Å². The van der Waals surface area contributed by atoms with Crippen LogP contribution in [0.25, 0.3) is 0 Å². The highest BCUT2D eigenvalue weighted by Gasteiger charge is 2.30. The molecule has 0 aliphatic carbocycles. The molecule has 0 bridgehead atoms. The van der Waals surface area contributed by atoms with Crippen LogP contribution in [0.3, 0.4) is 0 Å². The van der Waals surface area contributed by atoms with Crippen molar-refractivity contribution in [2.75, 3.05) is 11.9 Å². The van der Waals surface area contributed by atoms with Crippen LogP contribution in [0.1, 0.15) is 28.9 Å². The van der Waals surface area contributed by atoms with E-state index in [1.807, 2.05) is 0 Å². The molecule has 0 aromatic heterocycles. The molecule has 4 N–H and O–H groups in total. The number of carbonyl (C=O) groups excluding carboxylic acids is 1. The van der Waals surface area contributed by atoms with Gasteiger partial charge in [0.05, 0.1) is 10.9 Å². The highest BCUT2D eigenvalue weighted by molar-refractivity contribution is 7.89. The van der Waals surface area contributed by atoms with Crippen LogP contribution in [0.15, 0.2) is 53.1 Å². The first-order chi connectivity index (χ1) is 14.1. The first-order valence-corrected chi connectivity index (χ1v) is 11.0. The summed E-state index contributed by atoms with van der Waals surface area (Å²) in [5.41, 5.74) is 0.717. The van der Waals surface area contributed by atoms with E-state index in [0.29, 0.717) is 17.7 Å². The van der Waals surface area contributed by atoms with Gasteiger partial charge in [0.15, 0.2) is 0 Å². The van der Waals surface area contributed by atoms with E-state index in [1.54, 1.807) is 6.92 Å². The number of nitrogens with one attached hydrogen (secondary N) is 3. The van der Waals surface area contributed by atoms with Crippen molar-refractivity contribution in [3.05, 3.63) is 69.3 Å². The molecular formula is C19H17Cl2N3O5S. The monoisotopic (exact) mass is 469 g/mol. The van der Waals surface area contributed by atoms with Gasteiger partial charge in [0, 0.05) is 33.4 Å². The molecule has 1 aliphatic rings. The Morgan fingerprint density at radius 2 is 1.83 bits per heavy atom. The number of aliphatic carboxylic acids is 1. The van der Waals surface area contributed by atoms with Gasteiger partial charge < -0.3 is 15.7 Å². The minimum absolute atomic E-state index is 0.0917. The summed E-state index contributed by atoms with van der Waals surface area (Å²) in [5, 5.41) is 15.1. The van der Waals surface area contributed by atoms with Crippen molar-refractivity contribution in [1.82, 2.24) is 10.0 Å². The first-order valence-electron chi connectivity index (χ1n) is 8.74. The van der Waals surface area contributed by atoms with Gasteiger partial charge >= 0.3 is 5.97 Å². The Kier molecular flexibility index (Phi) is 6.37. The predicted molar refractivity (Wildman–Crippen MR) is 113 cm³/mol. The summed E-state index contributed by atoms with van der Waals surface area (Å²) >= 11 is 12.2. The number of carbonyl (C=O) groups is 2. The van der Waals surface area contributed by atoms with Crippen LogP contribution >= 0.6 is 23.2 Å². The molecule has 1 heterocycles. The molecule has 0 spiro atoms. The highest BCUT2D eigenvalue weighted by Crippen LogP contribution is 2.39. The molecule has 1 atom stereocenters. The molecule has 1 unspecified atom stereocenters. The molecule has 11 heteroatoms. The molecule has 1 amide bonds. The maximum Gasteiger partial charge on any atom is 0.352 e. The highest BCUT2D eigenvalue weighted by atomic mass is 35.5. The molecular weight excluding hydrogens is 453 g/mol. The second kappa shape index (κ2) is 8.65. The minimum Gasteiger partial charge on any atom is -0.477 e. The molecule has 158 valence electrons. The number of sulfonamides is 1. The van der Waals surface area contributed by atoms with Gasteiger partial charge in [0.2, 0.25) is 10.0 Å². The van der Waals surface area contributed by atoms with Gasteiger partial charge in [-0.05, 0) is 49.4 Å². The number of anilines is 1. The summed E-state index contributed by atoms with van der Waals surface area (Å²) in [6, 6.07) is 7.21. The summed E-state index contributed by atoms with van der Waals surface area (Å²) < 4.78 is 28.2. The van der Waals surface area contributed by atoms with E-state index < -0.39 is 22.0 Å². The Labute approximate surface area is 182 Å². The number of amides is 1. The Hall–Kier alpha value is -2.59. The van der Waals surface area contributed by atoms with Gasteiger partial charge in [0.25, 0.3) is 5.91 Å². The van der Waals surface area contributed by atoms with Crippen LogP contribution in [0, 0.1) is 0 Å². The third-order valence-corrected chi connectivity index (χ3v) is 6.27. The lowest BCUT2D eigenvalue weighted by Gasteiger charge is -2.26. The van der Waals surface area contributed by atoms with Crippen molar-refractivity contribution in [3.63, 3.8) is 0 Å². The fourth-order valence-electron chi connectivity index (χ4n) is 2.94. The van der Waals surface area contributed by atoms with E-state index in [2.05, 4.69) is 15.4 Å². The third-order valence-electron chi connectivity index (χ3n) is 4.28. The number of carboxylic acid groups (broad SMARTS) is 1. The molecule has 2 aromatic rings. The lowest BCUT2D eigenvalue weighted by Crippen LogP contribution is -2.32. The molecule has 2 aromatic carbocycles. The Bertz CT molecular complexity index is 1150. The molecule has 0 saturated heterocycles.